The van der Waals surface area contributed by atoms with Gasteiger partial charge >= 0.3 is 0 Å². The molecule has 5 nitrogen and oxygen atoms in total. The minimum absolute atomic E-state index is 0.0135. The zero-order chi connectivity index (χ0) is 18.7. The summed E-state index contributed by atoms with van der Waals surface area (Å²) in [6, 6.07) is 10.2. The Balaban J connectivity index is 1.75. The fraction of sp³-hybridized carbons (Fsp3) is 0.333. The van der Waals surface area contributed by atoms with Crippen molar-refractivity contribution in [2.75, 3.05) is 16.8 Å². The molecule has 6 heteroatoms. The van der Waals surface area contributed by atoms with Crippen LogP contribution in [0.1, 0.15) is 36.3 Å². The number of aromatic nitrogens is 2. The Morgan fingerprint density at radius 2 is 1.93 bits per heavy atom. The van der Waals surface area contributed by atoms with Crippen molar-refractivity contribution in [1.29, 1.82) is 0 Å². The van der Waals surface area contributed by atoms with Gasteiger partial charge in [0, 0.05) is 29.7 Å². The number of carbonyl (C=O) groups is 1. The molecule has 0 spiro atoms. The van der Waals surface area contributed by atoms with Crippen molar-refractivity contribution < 1.29 is 4.79 Å². The standard InChI is InChI=1S/C21H21ClN4O/c1-13-10-14(22)11-17-18(13)24(2)20-19(25(12-23-20)15-8-9-15)21(27)26(17)16-6-4-3-5-7-16/h3-7,10-13,15,18H,8-9H2,1-2H3. The Morgan fingerprint density at radius 3 is 2.63 bits per heavy atom. The molecule has 1 aromatic heterocycles. The molecule has 1 aromatic carbocycles. The second-order valence-corrected chi connectivity index (χ2v) is 8.00. The zero-order valence-electron chi connectivity index (χ0n) is 15.3. The van der Waals surface area contributed by atoms with Crippen LogP contribution in [-0.4, -0.2) is 28.5 Å². The zero-order valence-corrected chi connectivity index (χ0v) is 16.1. The number of rotatable bonds is 2. The van der Waals surface area contributed by atoms with Crippen molar-refractivity contribution in [3.05, 3.63) is 65.2 Å². The van der Waals surface area contributed by atoms with E-state index in [1.165, 1.54) is 0 Å². The van der Waals surface area contributed by atoms with Crippen molar-refractivity contribution >= 4 is 29.0 Å². The number of fused-ring (bicyclic) bond motifs is 2. The van der Waals surface area contributed by atoms with Gasteiger partial charge in [-0.3, -0.25) is 9.69 Å². The molecular formula is C21H21ClN4O. The van der Waals surface area contributed by atoms with Crippen LogP contribution in [0.2, 0.25) is 0 Å². The van der Waals surface area contributed by atoms with Crippen LogP contribution in [0.3, 0.4) is 0 Å². The summed E-state index contributed by atoms with van der Waals surface area (Å²) in [5, 5.41) is 0.667. The van der Waals surface area contributed by atoms with E-state index in [9.17, 15) is 4.79 Å². The number of para-hydroxylation sites is 1. The van der Waals surface area contributed by atoms with Gasteiger partial charge in [0.05, 0.1) is 18.1 Å². The van der Waals surface area contributed by atoms with E-state index in [1.54, 1.807) is 0 Å². The highest BCUT2D eigenvalue weighted by atomic mass is 35.5. The molecule has 1 amide bonds. The van der Waals surface area contributed by atoms with Gasteiger partial charge in [0.1, 0.15) is 0 Å². The van der Waals surface area contributed by atoms with Gasteiger partial charge in [-0.05, 0) is 31.1 Å². The fourth-order valence-electron chi connectivity index (χ4n) is 4.28. The molecule has 5 rings (SSSR count). The van der Waals surface area contributed by atoms with Gasteiger partial charge in [-0.15, -0.1) is 0 Å². The van der Waals surface area contributed by atoms with Gasteiger partial charge in [0.2, 0.25) is 0 Å². The second-order valence-electron chi connectivity index (χ2n) is 7.57. The molecule has 2 unspecified atom stereocenters. The van der Waals surface area contributed by atoms with E-state index in [2.05, 4.69) is 21.4 Å². The molecule has 2 heterocycles. The summed E-state index contributed by atoms with van der Waals surface area (Å²) >= 11 is 6.42. The monoisotopic (exact) mass is 380 g/mol. The van der Waals surface area contributed by atoms with Gasteiger partial charge in [-0.25, -0.2) is 4.98 Å². The smallest absolute Gasteiger partial charge is 0.283 e. The van der Waals surface area contributed by atoms with E-state index < -0.39 is 0 Å². The Morgan fingerprint density at radius 1 is 1.19 bits per heavy atom. The van der Waals surface area contributed by atoms with Crippen molar-refractivity contribution in [3.8, 4) is 0 Å². The summed E-state index contributed by atoms with van der Waals surface area (Å²) in [7, 11) is 2.02. The lowest BCUT2D eigenvalue weighted by molar-refractivity contribution is 0.0986. The third-order valence-corrected chi connectivity index (χ3v) is 5.89. The van der Waals surface area contributed by atoms with Crippen LogP contribution in [0, 0.1) is 5.92 Å². The first-order valence-corrected chi connectivity index (χ1v) is 9.72. The van der Waals surface area contributed by atoms with E-state index in [4.69, 9.17) is 11.6 Å². The lowest BCUT2D eigenvalue weighted by atomic mass is 9.92. The maximum absolute atomic E-state index is 13.8. The summed E-state index contributed by atoms with van der Waals surface area (Å²) < 4.78 is 2.06. The first kappa shape index (κ1) is 16.6. The molecule has 0 radical (unpaired) electrons. The van der Waals surface area contributed by atoms with Gasteiger partial charge < -0.3 is 9.47 Å². The number of halogens is 1. The molecule has 138 valence electrons. The van der Waals surface area contributed by atoms with Crippen molar-refractivity contribution in [2.45, 2.75) is 31.8 Å². The number of benzene rings is 1. The van der Waals surface area contributed by atoms with Gasteiger partial charge in [0.25, 0.3) is 5.91 Å². The summed E-state index contributed by atoms with van der Waals surface area (Å²) in [5.74, 6) is 0.859. The molecule has 0 bridgehead atoms. The Bertz CT molecular complexity index is 973. The summed E-state index contributed by atoms with van der Waals surface area (Å²) in [5.41, 5.74) is 2.42. The van der Waals surface area contributed by atoms with E-state index in [0.29, 0.717) is 16.8 Å². The first-order valence-electron chi connectivity index (χ1n) is 9.34. The van der Waals surface area contributed by atoms with Gasteiger partial charge in [-0.1, -0.05) is 42.8 Å². The highest BCUT2D eigenvalue weighted by Gasteiger charge is 2.43. The topological polar surface area (TPSA) is 41.4 Å². The highest BCUT2D eigenvalue weighted by molar-refractivity contribution is 6.31. The largest absolute Gasteiger partial charge is 0.349 e. The maximum Gasteiger partial charge on any atom is 0.283 e. The average molecular weight is 381 g/mol. The summed E-state index contributed by atoms with van der Waals surface area (Å²) in [6.07, 6.45) is 7.98. The van der Waals surface area contributed by atoms with Crippen molar-refractivity contribution in [3.63, 3.8) is 0 Å². The minimum atomic E-state index is -0.0419. The number of allylic oxidation sites excluding steroid dienone is 2. The molecule has 1 aliphatic heterocycles. The average Bonchev–Trinajstić information content (AvgIpc) is 3.40. The van der Waals surface area contributed by atoms with Gasteiger partial charge in [-0.2, -0.15) is 0 Å². The van der Waals surface area contributed by atoms with Crippen LogP contribution in [-0.2, 0) is 0 Å². The maximum atomic E-state index is 13.8. The molecule has 0 saturated heterocycles. The molecule has 1 saturated carbocycles. The minimum Gasteiger partial charge on any atom is -0.349 e. The third-order valence-electron chi connectivity index (χ3n) is 5.65. The summed E-state index contributed by atoms with van der Waals surface area (Å²) in [6.45, 7) is 2.13. The number of hydrogen-bond acceptors (Lipinski definition) is 3. The van der Waals surface area contributed by atoms with Crippen LogP contribution in [0.25, 0.3) is 0 Å². The third kappa shape index (κ3) is 2.52. The predicted octanol–water partition coefficient (Wildman–Crippen LogP) is 4.34. The Hall–Kier alpha value is -2.53. The van der Waals surface area contributed by atoms with Gasteiger partial charge in [0.15, 0.2) is 11.5 Å². The van der Waals surface area contributed by atoms with Crippen LogP contribution in [0.4, 0.5) is 11.5 Å². The quantitative estimate of drug-likeness (QED) is 0.778. The molecule has 27 heavy (non-hydrogen) atoms. The van der Waals surface area contributed by atoms with Crippen molar-refractivity contribution in [1.82, 2.24) is 9.55 Å². The molecule has 3 aliphatic rings. The number of anilines is 2. The highest BCUT2D eigenvalue weighted by Crippen LogP contribution is 2.43. The van der Waals surface area contributed by atoms with E-state index >= 15 is 0 Å². The fourth-order valence-corrected chi connectivity index (χ4v) is 4.59. The lowest BCUT2D eigenvalue weighted by Gasteiger charge is -2.37. The van der Waals surface area contributed by atoms with E-state index in [0.717, 1.165) is 30.0 Å². The number of amides is 1. The molecule has 1 fully saturated rings. The number of likely N-dealkylation sites (N-methyl/N-ethyl adjacent to an activating group) is 1. The van der Waals surface area contributed by atoms with Crippen LogP contribution >= 0.6 is 11.6 Å². The van der Waals surface area contributed by atoms with Crippen LogP contribution in [0.15, 0.2) is 59.5 Å². The number of imidazole rings is 1. The SMILES string of the molecule is CC1C=C(Cl)C=C2C1N(C)c1ncn(C3CC3)c1C(=O)N2c1ccccc1. The Kier molecular flexibility index (Phi) is 3.69. The second kappa shape index (κ2) is 5.99. The predicted molar refractivity (Wildman–Crippen MR) is 107 cm³/mol. The molecule has 2 aliphatic carbocycles. The normalized spacial score (nSPS) is 24.8. The number of carbonyl (C=O) groups excluding carboxylic acids is 1. The van der Waals surface area contributed by atoms with E-state index in [1.807, 2.05) is 60.8 Å². The first-order chi connectivity index (χ1) is 13.1. The van der Waals surface area contributed by atoms with E-state index in [-0.39, 0.29) is 17.9 Å². The Labute approximate surface area is 163 Å². The van der Waals surface area contributed by atoms with Crippen LogP contribution in [0.5, 0.6) is 0 Å². The molecule has 0 N–H and O–H groups in total. The molecule has 2 aromatic rings. The number of nitrogens with zero attached hydrogens (tertiary/aromatic N) is 4. The number of hydrogen-bond donors (Lipinski definition) is 0. The van der Waals surface area contributed by atoms with Crippen LogP contribution < -0.4 is 9.80 Å². The van der Waals surface area contributed by atoms with Crippen molar-refractivity contribution in [2.24, 2.45) is 5.92 Å². The molecular weight excluding hydrogens is 360 g/mol. The lowest BCUT2D eigenvalue weighted by Crippen LogP contribution is -2.44. The molecule has 2 atom stereocenters. The summed E-state index contributed by atoms with van der Waals surface area (Å²) in [4.78, 5) is 22.4.